The molecule has 2 aliphatic rings. The highest BCUT2D eigenvalue weighted by molar-refractivity contribution is 7.99. The molecule has 2 heterocycles. The van der Waals surface area contributed by atoms with Crippen LogP contribution in [0.15, 0.2) is 12.4 Å². The minimum Gasteiger partial charge on any atom is -0.367 e. The van der Waals surface area contributed by atoms with E-state index in [-0.39, 0.29) is 12.1 Å². The summed E-state index contributed by atoms with van der Waals surface area (Å²) in [7, 11) is 1.92. The van der Waals surface area contributed by atoms with E-state index in [1.807, 2.05) is 35.9 Å². The Bertz CT molecular complexity index is 520. The van der Waals surface area contributed by atoms with Crippen molar-refractivity contribution in [1.82, 2.24) is 20.4 Å². The number of amides is 2. The van der Waals surface area contributed by atoms with Gasteiger partial charge in [0.05, 0.1) is 11.9 Å². The van der Waals surface area contributed by atoms with Crippen LogP contribution in [0.5, 0.6) is 0 Å². The first-order chi connectivity index (χ1) is 10.7. The Morgan fingerprint density at radius 1 is 1.36 bits per heavy atom. The van der Waals surface area contributed by atoms with Gasteiger partial charge in [0.1, 0.15) is 0 Å². The zero-order valence-corrected chi connectivity index (χ0v) is 14.1. The minimum absolute atomic E-state index is 0.0102. The number of carbonyl (C=O) groups excluding carboxylic acids is 1. The van der Waals surface area contributed by atoms with Gasteiger partial charge in [-0.05, 0) is 25.5 Å². The number of anilines is 1. The molecule has 0 bridgehead atoms. The zero-order chi connectivity index (χ0) is 15.5. The van der Waals surface area contributed by atoms with E-state index in [9.17, 15) is 4.79 Å². The van der Waals surface area contributed by atoms with Crippen molar-refractivity contribution in [1.29, 1.82) is 0 Å². The van der Waals surface area contributed by atoms with Crippen LogP contribution in [0.4, 0.5) is 10.5 Å². The third kappa shape index (κ3) is 3.51. The molecule has 3 rings (SSSR count). The van der Waals surface area contributed by atoms with E-state index < -0.39 is 0 Å². The first kappa shape index (κ1) is 15.5. The average Bonchev–Trinajstić information content (AvgIpc) is 3.19. The number of urea groups is 1. The molecule has 3 atom stereocenters. The number of nitrogens with zero attached hydrogens (tertiary/aromatic N) is 3. The van der Waals surface area contributed by atoms with Crippen molar-refractivity contribution >= 4 is 23.5 Å². The van der Waals surface area contributed by atoms with Gasteiger partial charge in [-0.15, -0.1) is 0 Å². The molecule has 2 amide bonds. The molecule has 0 radical (unpaired) electrons. The maximum absolute atomic E-state index is 12.2. The van der Waals surface area contributed by atoms with E-state index in [4.69, 9.17) is 0 Å². The van der Waals surface area contributed by atoms with Crippen LogP contribution in [0.25, 0.3) is 0 Å². The van der Waals surface area contributed by atoms with Crippen LogP contribution in [0.3, 0.4) is 0 Å². The lowest BCUT2D eigenvalue weighted by atomic mass is 10.2. The maximum Gasteiger partial charge on any atom is 0.315 e. The van der Waals surface area contributed by atoms with Crippen LogP contribution in [0, 0.1) is 0 Å². The van der Waals surface area contributed by atoms with Crippen molar-refractivity contribution in [3.63, 3.8) is 0 Å². The lowest BCUT2D eigenvalue weighted by Gasteiger charge is -2.21. The third-order valence-electron chi connectivity index (χ3n) is 4.65. The normalized spacial score (nSPS) is 28.1. The summed E-state index contributed by atoms with van der Waals surface area (Å²) < 4.78 is 1.81. The Morgan fingerprint density at radius 3 is 2.95 bits per heavy atom. The number of aryl methyl sites for hydroxylation is 1. The Balaban J connectivity index is 1.46. The van der Waals surface area contributed by atoms with Gasteiger partial charge in [-0.3, -0.25) is 4.68 Å². The van der Waals surface area contributed by atoms with E-state index in [0.29, 0.717) is 11.3 Å². The topological polar surface area (TPSA) is 62.2 Å². The van der Waals surface area contributed by atoms with Crippen molar-refractivity contribution < 1.29 is 4.79 Å². The number of hydrogen-bond donors (Lipinski definition) is 2. The molecule has 1 aromatic heterocycles. The second-order valence-electron chi connectivity index (χ2n) is 6.23. The fraction of sp³-hybridized carbons (Fsp3) is 0.733. The molecule has 0 aromatic carbocycles. The molecule has 1 aliphatic heterocycles. The number of carbonyl (C=O) groups is 1. The monoisotopic (exact) mass is 323 g/mol. The van der Waals surface area contributed by atoms with Crippen LogP contribution in [-0.2, 0) is 7.05 Å². The predicted molar refractivity (Wildman–Crippen MR) is 90.4 cm³/mol. The quantitative estimate of drug-likeness (QED) is 0.883. The Kier molecular flexibility index (Phi) is 4.81. The number of hydrogen-bond acceptors (Lipinski definition) is 4. The van der Waals surface area contributed by atoms with Crippen molar-refractivity contribution in [3.05, 3.63) is 12.4 Å². The van der Waals surface area contributed by atoms with Gasteiger partial charge < -0.3 is 15.5 Å². The zero-order valence-electron chi connectivity index (χ0n) is 13.3. The van der Waals surface area contributed by atoms with Gasteiger partial charge >= 0.3 is 6.03 Å². The number of rotatable bonds is 4. The average molecular weight is 323 g/mol. The number of aromatic nitrogens is 2. The highest BCUT2D eigenvalue weighted by Gasteiger charge is 2.29. The molecular weight excluding hydrogens is 298 g/mol. The molecule has 122 valence electrons. The summed E-state index contributed by atoms with van der Waals surface area (Å²) in [6.07, 6.45) is 10.5. The van der Waals surface area contributed by atoms with Crippen molar-refractivity contribution in [2.45, 2.75) is 43.0 Å². The van der Waals surface area contributed by atoms with Gasteiger partial charge in [-0.2, -0.15) is 16.9 Å². The van der Waals surface area contributed by atoms with Crippen LogP contribution in [0.1, 0.15) is 25.7 Å². The smallest absolute Gasteiger partial charge is 0.315 e. The van der Waals surface area contributed by atoms with Gasteiger partial charge in [0, 0.05) is 43.7 Å². The molecule has 2 N–H and O–H groups in total. The molecule has 1 aromatic rings. The summed E-state index contributed by atoms with van der Waals surface area (Å²) >= 11 is 1.87. The minimum atomic E-state index is -0.0102. The largest absolute Gasteiger partial charge is 0.367 e. The first-order valence-electron chi connectivity index (χ1n) is 7.99. The van der Waals surface area contributed by atoms with Crippen LogP contribution >= 0.6 is 11.8 Å². The predicted octanol–water partition coefficient (Wildman–Crippen LogP) is 1.58. The number of nitrogens with one attached hydrogen (secondary N) is 2. The molecule has 0 spiro atoms. The van der Waals surface area contributed by atoms with E-state index in [2.05, 4.69) is 26.9 Å². The highest BCUT2D eigenvalue weighted by atomic mass is 32.2. The van der Waals surface area contributed by atoms with E-state index in [0.717, 1.165) is 31.6 Å². The van der Waals surface area contributed by atoms with Crippen molar-refractivity contribution in [2.24, 2.45) is 7.05 Å². The second-order valence-corrected chi connectivity index (χ2v) is 7.31. The molecule has 2 fully saturated rings. The molecule has 0 unspecified atom stereocenters. The molecule has 1 saturated heterocycles. The summed E-state index contributed by atoms with van der Waals surface area (Å²) in [6, 6.07) is 0.532. The highest BCUT2D eigenvalue weighted by Crippen LogP contribution is 2.28. The molecule has 1 aliphatic carbocycles. The van der Waals surface area contributed by atoms with E-state index in [1.165, 1.54) is 12.8 Å². The Hall–Kier alpha value is -1.37. The van der Waals surface area contributed by atoms with E-state index >= 15 is 0 Å². The third-order valence-corrected chi connectivity index (χ3v) is 5.82. The fourth-order valence-corrected chi connectivity index (χ4v) is 4.39. The second kappa shape index (κ2) is 6.81. The van der Waals surface area contributed by atoms with Gasteiger partial charge in [-0.25, -0.2) is 4.79 Å². The van der Waals surface area contributed by atoms with E-state index in [1.54, 1.807) is 0 Å². The molecule has 6 nitrogen and oxygen atoms in total. The summed E-state index contributed by atoms with van der Waals surface area (Å²) in [6.45, 7) is 1.82. The van der Waals surface area contributed by atoms with Gasteiger partial charge in [0.2, 0.25) is 0 Å². The SMILES string of the molecule is CS[C@@H]1CCC[C@@H]1NC(=O)N[C@H]1CCN(c2cnn(C)c2)C1. The fourth-order valence-electron chi connectivity index (χ4n) is 3.45. The van der Waals surface area contributed by atoms with Gasteiger partial charge in [0.25, 0.3) is 0 Å². The first-order valence-corrected chi connectivity index (χ1v) is 9.28. The number of thioether (sulfide) groups is 1. The Morgan fingerprint density at radius 2 is 2.23 bits per heavy atom. The van der Waals surface area contributed by atoms with Crippen LogP contribution < -0.4 is 15.5 Å². The molecule has 7 heteroatoms. The summed E-state index contributed by atoms with van der Waals surface area (Å²) in [5.74, 6) is 0. The van der Waals surface area contributed by atoms with Gasteiger partial charge in [0.15, 0.2) is 0 Å². The summed E-state index contributed by atoms with van der Waals surface area (Å²) in [4.78, 5) is 14.5. The Labute approximate surface area is 136 Å². The van der Waals surface area contributed by atoms with Crippen LogP contribution in [0.2, 0.25) is 0 Å². The standard InChI is InChI=1S/C15H25N5OS/c1-19-10-12(8-16-19)20-7-6-11(9-20)17-15(21)18-13-4-3-5-14(13)22-2/h8,10-11,13-14H,3-7,9H2,1-2H3,(H2,17,18,21)/t11-,13-,14+/m0/s1. The summed E-state index contributed by atoms with van der Waals surface area (Å²) in [5.41, 5.74) is 1.13. The lowest BCUT2D eigenvalue weighted by molar-refractivity contribution is 0.234. The molecule has 1 saturated carbocycles. The van der Waals surface area contributed by atoms with Gasteiger partial charge in [-0.1, -0.05) is 6.42 Å². The van der Waals surface area contributed by atoms with Crippen molar-refractivity contribution in [3.8, 4) is 0 Å². The maximum atomic E-state index is 12.2. The molecule has 22 heavy (non-hydrogen) atoms. The lowest BCUT2D eigenvalue weighted by Crippen LogP contribution is -2.48. The van der Waals surface area contributed by atoms with Crippen LogP contribution in [-0.4, -0.2) is 52.5 Å². The van der Waals surface area contributed by atoms with Crippen molar-refractivity contribution in [2.75, 3.05) is 24.2 Å². The summed E-state index contributed by atoms with van der Waals surface area (Å²) in [5, 5.41) is 11.1. The molecular formula is C15H25N5OS.